The minimum atomic E-state index is -0.412. The molecule has 5 nitrogen and oxygen atoms in total. The summed E-state index contributed by atoms with van der Waals surface area (Å²) < 4.78 is 11.4. The first-order valence-electron chi connectivity index (χ1n) is 9.29. The molecule has 4 rings (SSSR count). The zero-order valence-electron chi connectivity index (χ0n) is 14.9. The third kappa shape index (κ3) is 4.27. The molecule has 2 N–H and O–H groups in total. The lowest BCUT2D eigenvalue weighted by Gasteiger charge is -2.17. The van der Waals surface area contributed by atoms with Gasteiger partial charge in [-0.05, 0) is 62.3 Å². The molecule has 1 aromatic heterocycles. The van der Waals surface area contributed by atoms with E-state index in [1.807, 2.05) is 36.4 Å². The van der Waals surface area contributed by atoms with E-state index in [-0.39, 0.29) is 12.4 Å². The van der Waals surface area contributed by atoms with Crippen molar-refractivity contribution in [1.82, 2.24) is 10.1 Å². The van der Waals surface area contributed by atoms with Gasteiger partial charge in [-0.15, -0.1) is 12.4 Å². The van der Waals surface area contributed by atoms with E-state index in [4.69, 9.17) is 15.0 Å². The Kier molecular flexibility index (Phi) is 5.99. The van der Waals surface area contributed by atoms with Crippen LogP contribution in [0.1, 0.15) is 68.6 Å². The van der Waals surface area contributed by atoms with Crippen molar-refractivity contribution in [2.24, 2.45) is 5.73 Å². The van der Waals surface area contributed by atoms with Crippen molar-refractivity contribution < 1.29 is 9.26 Å². The molecule has 140 valence electrons. The monoisotopic (exact) mass is 375 g/mol. The third-order valence-electron chi connectivity index (χ3n) is 5.26. The molecule has 0 aliphatic heterocycles. The molecule has 2 aromatic rings. The van der Waals surface area contributed by atoms with Crippen LogP contribution in [0, 0.1) is 0 Å². The average Bonchev–Trinajstić information content (AvgIpc) is 3.35. The van der Waals surface area contributed by atoms with Gasteiger partial charge in [-0.3, -0.25) is 0 Å². The first-order valence-corrected chi connectivity index (χ1v) is 9.29. The summed E-state index contributed by atoms with van der Waals surface area (Å²) >= 11 is 0. The number of nitrogens with two attached hydrogens (primary N) is 1. The van der Waals surface area contributed by atoms with Gasteiger partial charge in [0.2, 0.25) is 0 Å². The molecule has 0 unspecified atom stereocenters. The molecule has 26 heavy (non-hydrogen) atoms. The maximum absolute atomic E-state index is 6.37. The summed E-state index contributed by atoms with van der Waals surface area (Å²) in [7, 11) is 0. The maximum atomic E-state index is 6.37. The van der Waals surface area contributed by atoms with Gasteiger partial charge in [0.05, 0.1) is 11.6 Å². The van der Waals surface area contributed by atoms with Gasteiger partial charge in [0.1, 0.15) is 5.75 Å². The Morgan fingerprint density at radius 2 is 1.88 bits per heavy atom. The van der Waals surface area contributed by atoms with Gasteiger partial charge in [-0.1, -0.05) is 30.1 Å². The summed E-state index contributed by atoms with van der Waals surface area (Å²) in [4.78, 5) is 4.46. The second-order valence-electron chi connectivity index (χ2n) is 7.25. The van der Waals surface area contributed by atoms with E-state index in [0.29, 0.717) is 17.8 Å². The van der Waals surface area contributed by atoms with E-state index in [1.165, 1.54) is 12.8 Å². The molecule has 2 aliphatic carbocycles. The van der Waals surface area contributed by atoms with Crippen LogP contribution >= 0.6 is 12.4 Å². The van der Waals surface area contributed by atoms with Crippen LogP contribution in [0.4, 0.5) is 0 Å². The molecule has 0 spiro atoms. The summed E-state index contributed by atoms with van der Waals surface area (Å²) in [6.07, 6.45) is 13.1. The fourth-order valence-electron chi connectivity index (χ4n) is 3.79. The van der Waals surface area contributed by atoms with Crippen molar-refractivity contribution in [2.75, 3.05) is 0 Å². The molecule has 1 heterocycles. The largest absolute Gasteiger partial charge is 0.490 e. The summed E-state index contributed by atoms with van der Waals surface area (Å²) in [6.45, 7) is 0. The standard InChI is InChI=1S/C20H25N3O2.ClH/c21-20(12-3-4-13-20)19-22-18(25-23-19)11-10-15-6-5-9-17(14-15)24-16-7-1-2-8-16;/h5-6,9-11,14,16H,1-4,7-8,12-13,21H2;1H/b11-10+;. The van der Waals surface area contributed by atoms with Crippen LogP contribution in [0.5, 0.6) is 5.75 Å². The van der Waals surface area contributed by atoms with Crippen molar-refractivity contribution >= 4 is 24.6 Å². The summed E-state index contributed by atoms with van der Waals surface area (Å²) in [5, 5.41) is 4.08. The van der Waals surface area contributed by atoms with E-state index < -0.39 is 5.54 Å². The Balaban J connectivity index is 0.00000196. The highest BCUT2D eigenvalue weighted by molar-refractivity contribution is 5.85. The van der Waals surface area contributed by atoms with Crippen molar-refractivity contribution in [1.29, 1.82) is 0 Å². The highest BCUT2D eigenvalue weighted by Crippen LogP contribution is 2.34. The van der Waals surface area contributed by atoms with Crippen LogP contribution in [0.3, 0.4) is 0 Å². The lowest BCUT2D eigenvalue weighted by atomic mass is 9.99. The molecule has 2 saturated carbocycles. The van der Waals surface area contributed by atoms with Crippen LogP contribution in [0.15, 0.2) is 28.8 Å². The number of ether oxygens (including phenoxy) is 1. The minimum Gasteiger partial charge on any atom is -0.490 e. The number of benzene rings is 1. The van der Waals surface area contributed by atoms with E-state index >= 15 is 0 Å². The first kappa shape index (κ1) is 18.9. The quantitative estimate of drug-likeness (QED) is 0.818. The lowest BCUT2D eigenvalue weighted by molar-refractivity contribution is 0.210. The van der Waals surface area contributed by atoms with E-state index in [0.717, 1.165) is 49.8 Å². The molecular weight excluding hydrogens is 350 g/mol. The highest BCUT2D eigenvalue weighted by atomic mass is 35.5. The van der Waals surface area contributed by atoms with Crippen LogP contribution in [-0.2, 0) is 5.54 Å². The zero-order chi connectivity index (χ0) is 17.1. The van der Waals surface area contributed by atoms with Crippen LogP contribution in [0.25, 0.3) is 12.2 Å². The Morgan fingerprint density at radius 3 is 2.65 bits per heavy atom. The van der Waals surface area contributed by atoms with Gasteiger partial charge in [-0.25, -0.2) is 0 Å². The Morgan fingerprint density at radius 1 is 1.12 bits per heavy atom. The summed E-state index contributed by atoms with van der Waals surface area (Å²) in [5.74, 6) is 2.05. The zero-order valence-corrected chi connectivity index (χ0v) is 15.7. The molecule has 2 fully saturated rings. The second kappa shape index (κ2) is 8.23. The minimum absolute atomic E-state index is 0. The topological polar surface area (TPSA) is 74.2 Å². The number of halogens is 1. The summed E-state index contributed by atoms with van der Waals surface area (Å²) in [5.41, 5.74) is 7.02. The number of hydrogen-bond acceptors (Lipinski definition) is 5. The van der Waals surface area contributed by atoms with Crippen LogP contribution < -0.4 is 10.5 Å². The Bertz CT molecular complexity index is 747. The normalized spacial score (nSPS) is 19.7. The van der Waals surface area contributed by atoms with E-state index in [1.54, 1.807) is 0 Å². The SMILES string of the molecule is Cl.NC1(c2noc(/C=C/c3cccc(OC4CCCC4)c3)n2)CCCC1. The number of nitrogens with zero attached hydrogens (tertiary/aromatic N) is 2. The van der Waals surface area contributed by atoms with Crippen molar-refractivity contribution in [2.45, 2.75) is 63.0 Å². The molecule has 6 heteroatoms. The smallest absolute Gasteiger partial charge is 0.250 e. The fourth-order valence-corrected chi connectivity index (χ4v) is 3.79. The van der Waals surface area contributed by atoms with Gasteiger partial charge in [-0.2, -0.15) is 4.98 Å². The van der Waals surface area contributed by atoms with Crippen LogP contribution in [-0.4, -0.2) is 16.2 Å². The number of rotatable bonds is 5. The molecule has 1 aromatic carbocycles. The Labute approximate surface area is 160 Å². The molecule has 0 amide bonds. The van der Waals surface area contributed by atoms with Gasteiger partial charge in [0.25, 0.3) is 5.89 Å². The number of aromatic nitrogens is 2. The average molecular weight is 376 g/mol. The second-order valence-corrected chi connectivity index (χ2v) is 7.25. The highest BCUT2D eigenvalue weighted by Gasteiger charge is 2.35. The van der Waals surface area contributed by atoms with Crippen LogP contribution in [0.2, 0.25) is 0 Å². The molecular formula is C20H26ClN3O2. The molecule has 0 saturated heterocycles. The number of hydrogen-bond donors (Lipinski definition) is 1. The van der Waals surface area contributed by atoms with Gasteiger partial charge >= 0.3 is 0 Å². The van der Waals surface area contributed by atoms with Crippen molar-refractivity contribution in [3.8, 4) is 5.75 Å². The van der Waals surface area contributed by atoms with E-state index in [2.05, 4.69) is 10.1 Å². The van der Waals surface area contributed by atoms with Crippen molar-refractivity contribution in [3.63, 3.8) is 0 Å². The summed E-state index contributed by atoms with van der Waals surface area (Å²) in [6, 6.07) is 8.11. The Hall–Kier alpha value is -1.85. The lowest BCUT2D eigenvalue weighted by Crippen LogP contribution is -2.34. The fraction of sp³-hybridized carbons (Fsp3) is 0.500. The van der Waals surface area contributed by atoms with Gasteiger partial charge < -0.3 is 15.0 Å². The van der Waals surface area contributed by atoms with Gasteiger partial charge in [0.15, 0.2) is 5.82 Å². The maximum Gasteiger partial charge on any atom is 0.250 e. The third-order valence-corrected chi connectivity index (χ3v) is 5.26. The van der Waals surface area contributed by atoms with E-state index in [9.17, 15) is 0 Å². The first-order chi connectivity index (χ1) is 12.2. The van der Waals surface area contributed by atoms with Gasteiger partial charge in [0, 0.05) is 6.08 Å². The molecule has 0 atom stereocenters. The molecule has 0 bridgehead atoms. The predicted molar refractivity (Wildman–Crippen MR) is 104 cm³/mol. The molecule has 2 aliphatic rings. The predicted octanol–water partition coefficient (Wildman–Crippen LogP) is 4.71. The van der Waals surface area contributed by atoms with Crippen molar-refractivity contribution in [3.05, 3.63) is 41.5 Å². The molecule has 0 radical (unpaired) electrons.